The second-order valence-corrected chi connectivity index (χ2v) is 8.73. The molecule has 0 radical (unpaired) electrons. The Kier molecular flexibility index (Phi) is 4.72. The van der Waals surface area contributed by atoms with Gasteiger partial charge in [-0.25, -0.2) is 9.97 Å². The van der Waals surface area contributed by atoms with Crippen molar-refractivity contribution in [2.45, 2.75) is 0 Å². The van der Waals surface area contributed by atoms with E-state index in [1.165, 1.54) is 5.56 Å². The second-order valence-electron chi connectivity index (χ2n) is 7.62. The van der Waals surface area contributed by atoms with Crippen LogP contribution in [0.4, 0.5) is 0 Å². The highest BCUT2D eigenvalue weighted by atomic mass is 127. The molecule has 0 unspecified atom stereocenters. The molecule has 0 aliphatic heterocycles. The van der Waals surface area contributed by atoms with Gasteiger partial charge >= 0.3 is 0 Å². The number of benzene rings is 4. The van der Waals surface area contributed by atoms with Crippen molar-refractivity contribution < 1.29 is 4.42 Å². The summed E-state index contributed by atoms with van der Waals surface area (Å²) in [5.74, 6) is 0.742. The standard InChI is InChI=1S/C28H17IN2O/c29-26-17-23(30-28(31-26)20-7-2-1-3-8-20)19-15-13-18(14-16-19)21-10-6-12-25-27(21)22-9-4-5-11-24(22)32-25/h1-17H. The summed E-state index contributed by atoms with van der Waals surface area (Å²) in [5, 5.41) is 2.29. The van der Waals surface area contributed by atoms with Gasteiger partial charge in [0.1, 0.15) is 14.9 Å². The van der Waals surface area contributed by atoms with Gasteiger partial charge in [0, 0.05) is 21.9 Å². The van der Waals surface area contributed by atoms with Crippen LogP contribution >= 0.6 is 22.6 Å². The van der Waals surface area contributed by atoms with Gasteiger partial charge in [0.15, 0.2) is 5.82 Å². The van der Waals surface area contributed by atoms with Gasteiger partial charge in [-0.1, -0.05) is 84.9 Å². The molecule has 2 heterocycles. The second kappa shape index (κ2) is 7.88. The molecule has 3 nitrogen and oxygen atoms in total. The van der Waals surface area contributed by atoms with Gasteiger partial charge in [-0.15, -0.1) is 0 Å². The summed E-state index contributed by atoms with van der Waals surface area (Å²) < 4.78 is 6.98. The van der Waals surface area contributed by atoms with Crippen LogP contribution in [0, 0.1) is 3.70 Å². The first-order valence-corrected chi connectivity index (χ1v) is 11.5. The Morgan fingerprint density at radius 2 is 1.31 bits per heavy atom. The van der Waals surface area contributed by atoms with E-state index in [-0.39, 0.29) is 0 Å². The number of para-hydroxylation sites is 1. The maximum atomic E-state index is 6.06. The van der Waals surface area contributed by atoms with Crippen LogP contribution in [0.2, 0.25) is 0 Å². The average Bonchev–Trinajstić information content (AvgIpc) is 3.23. The zero-order chi connectivity index (χ0) is 21.5. The first-order chi connectivity index (χ1) is 15.8. The molecule has 0 aliphatic rings. The van der Waals surface area contributed by atoms with E-state index in [4.69, 9.17) is 9.40 Å². The van der Waals surface area contributed by atoms with Crippen molar-refractivity contribution in [1.82, 2.24) is 9.97 Å². The van der Waals surface area contributed by atoms with Crippen molar-refractivity contribution >= 4 is 44.5 Å². The van der Waals surface area contributed by atoms with Crippen LogP contribution in [0.15, 0.2) is 108 Å². The molecule has 152 valence electrons. The van der Waals surface area contributed by atoms with Crippen LogP contribution in [0.3, 0.4) is 0 Å². The third kappa shape index (κ3) is 3.37. The average molecular weight is 524 g/mol. The molecule has 0 spiro atoms. The van der Waals surface area contributed by atoms with E-state index in [0.29, 0.717) is 0 Å². The molecule has 0 N–H and O–H groups in total. The van der Waals surface area contributed by atoms with E-state index in [1.807, 2.05) is 60.7 Å². The van der Waals surface area contributed by atoms with Crippen LogP contribution in [-0.2, 0) is 0 Å². The van der Waals surface area contributed by atoms with E-state index < -0.39 is 0 Å². The van der Waals surface area contributed by atoms with E-state index in [2.05, 4.69) is 70.0 Å². The number of aromatic nitrogens is 2. The Bertz CT molecular complexity index is 1570. The smallest absolute Gasteiger partial charge is 0.160 e. The Balaban J connectivity index is 1.44. The fourth-order valence-electron chi connectivity index (χ4n) is 4.12. The third-order valence-electron chi connectivity index (χ3n) is 5.62. The highest BCUT2D eigenvalue weighted by Gasteiger charge is 2.13. The van der Waals surface area contributed by atoms with Crippen molar-refractivity contribution in [1.29, 1.82) is 0 Å². The largest absolute Gasteiger partial charge is 0.456 e. The summed E-state index contributed by atoms with van der Waals surface area (Å²) in [5.41, 5.74) is 7.14. The molecule has 0 saturated heterocycles. The van der Waals surface area contributed by atoms with Gasteiger partial charge in [0.05, 0.1) is 5.69 Å². The summed E-state index contributed by atoms with van der Waals surface area (Å²) in [6.45, 7) is 0. The van der Waals surface area contributed by atoms with Gasteiger partial charge in [-0.3, -0.25) is 0 Å². The van der Waals surface area contributed by atoms with E-state index in [9.17, 15) is 0 Å². The lowest BCUT2D eigenvalue weighted by Crippen LogP contribution is -1.95. The summed E-state index contributed by atoms with van der Waals surface area (Å²) in [7, 11) is 0. The molecule has 4 aromatic carbocycles. The fraction of sp³-hybridized carbons (Fsp3) is 0. The normalized spacial score (nSPS) is 11.3. The van der Waals surface area contributed by atoms with Crippen molar-refractivity contribution in [3.8, 4) is 33.8 Å². The minimum absolute atomic E-state index is 0.742. The molecule has 32 heavy (non-hydrogen) atoms. The zero-order valence-corrected chi connectivity index (χ0v) is 19.2. The molecule has 0 amide bonds. The molecular formula is C28H17IN2O. The number of furan rings is 1. The van der Waals surface area contributed by atoms with Gasteiger partial charge < -0.3 is 4.42 Å². The van der Waals surface area contributed by atoms with E-state index >= 15 is 0 Å². The van der Waals surface area contributed by atoms with Gasteiger partial charge in [0.25, 0.3) is 0 Å². The number of halogens is 1. The predicted molar refractivity (Wildman–Crippen MR) is 138 cm³/mol. The lowest BCUT2D eigenvalue weighted by molar-refractivity contribution is 0.669. The molecule has 4 heteroatoms. The van der Waals surface area contributed by atoms with Crippen molar-refractivity contribution in [3.05, 3.63) is 107 Å². The van der Waals surface area contributed by atoms with Crippen molar-refractivity contribution in [2.24, 2.45) is 0 Å². The maximum Gasteiger partial charge on any atom is 0.160 e. The molecule has 6 aromatic rings. The minimum Gasteiger partial charge on any atom is -0.456 e. The van der Waals surface area contributed by atoms with Gasteiger partial charge in [-0.05, 0) is 51.9 Å². The molecule has 0 fully saturated rings. The highest BCUT2D eigenvalue weighted by Crippen LogP contribution is 2.37. The topological polar surface area (TPSA) is 38.9 Å². The van der Waals surface area contributed by atoms with Gasteiger partial charge in [0.2, 0.25) is 0 Å². The van der Waals surface area contributed by atoms with Gasteiger partial charge in [-0.2, -0.15) is 0 Å². The predicted octanol–water partition coefficient (Wildman–Crippen LogP) is 7.98. The molecule has 6 rings (SSSR count). The Morgan fingerprint density at radius 3 is 2.16 bits per heavy atom. The number of hydrogen-bond donors (Lipinski definition) is 0. The number of nitrogens with zero attached hydrogens (tertiary/aromatic N) is 2. The number of fused-ring (bicyclic) bond motifs is 3. The summed E-state index contributed by atoms with van der Waals surface area (Å²) >= 11 is 2.26. The molecular weight excluding hydrogens is 507 g/mol. The van der Waals surface area contributed by atoms with Crippen LogP contribution in [0.1, 0.15) is 0 Å². The first kappa shape index (κ1) is 19.2. The van der Waals surface area contributed by atoms with E-state index in [1.54, 1.807) is 0 Å². The van der Waals surface area contributed by atoms with Crippen molar-refractivity contribution in [3.63, 3.8) is 0 Å². The Labute approximate surface area is 198 Å². The van der Waals surface area contributed by atoms with Crippen LogP contribution in [0.25, 0.3) is 55.7 Å². The minimum atomic E-state index is 0.742. The summed E-state index contributed by atoms with van der Waals surface area (Å²) in [6.07, 6.45) is 0. The highest BCUT2D eigenvalue weighted by molar-refractivity contribution is 14.1. The van der Waals surface area contributed by atoms with Crippen LogP contribution < -0.4 is 0 Å². The lowest BCUT2D eigenvalue weighted by Gasteiger charge is -2.08. The summed E-state index contributed by atoms with van der Waals surface area (Å²) in [4.78, 5) is 9.45. The number of hydrogen-bond acceptors (Lipinski definition) is 3. The van der Waals surface area contributed by atoms with Crippen LogP contribution in [-0.4, -0.2) is 9.97 Å². The number of rotatable bonds is 3. The van der Waals surface area contributed by atoms with E-state index in [0.717, 1.165) is 53.8 Å². The zero-order valence-electron chi connectivity index (χ0n) is 17.0. The molecule has 0 atom stereocenters. The van der Waals surface area contributed by atoms with Crippen LogP contribution in [0.5, 0.6) is 0 Å². The molecule has 0 bridgehead atoms. The monoisotopic (exact) mass is 524 g/mol. The molecule has 0 saturated carbocycles. The Morgan fingerprint density at radius 1 is 0.594 bits per heavy atom. The summed E-state index contributed by atoms with van der Waals surface area (Å²) in [6, 6.07) is 35.1. The SMILES string of the molecule is Ic1cc(-c2ccc(-c3cccc4oc5ccccc5c34)cc2)nc(-c2ccccc2)n1. The fourth-order valence-corrected chi connectivity index (χ4v) is 4.64. The third-order valence-corrected chi connectivity index (χ3v) is 6.17. The first-order valence-electron chi connectivity index (χ1n) is 10.4. The van der Waals surface area contributed by atoms with Crippen molar-refractivity contribution in [2.75, 3.05) is 0 Å². The quantitative estimate of drug-likeness (QED) is 0.174. The molecule has 0 aliphatic carbocycles. The Hall–Kier alpha value is -3.51. The lowest BCUT2D eigenvalue weighted by atomic mass is 9.98. The maximum absolute atomic E-state index is 6.06. The molecule has 2 aromatic heterocycles.